The summed E-state index contributed by atoms with van der Waals surface area (Å²) in [4.78, 5) is 13.8. The molecule has 2 amide bonds. The van der Waals surface area contributed by atoms with Gasteiger partial charge in [-0.25, -0.2) is 4.79 Å². The van der Waals surface area contributed by atoms with Gasteiger partial charge in [0.05, 0.1) is 0 Å². The summed E-state index contributed by atoms with van der Waals surface area (Å²) >= 11 is 0. The van der Waals surface area contributed by atoms with Gasteiger partial charge in [0, 0.05) is 31.7 Å². The fraction of sp³-hybridized carbons (Fsp3) is 0.923. The van der Waals surface area contributed by atoms with Crippen LogP contribution in [0, 0.1) is 11.8 Å². The number of rotatable bonds is 2. The lowest BCUT2D eigenvalue weighted by atomic mass is 9.87. The van der Waals surface area contributed by atoms with Crippen molar-refractivity contribution in [3.63, 3.8) is 0 Å². The van der Waals surface area contributed by atoms with Crippen LogP contribution in [0.4, 0.5) is 4.79 Å². The van der Waals surface area contributed by atoms with Gasteiger partial charge in [0.25, 0.3) is 0 Å². The molecular formula is C13H24N2O2. The molecule has 0 radical (unpaired) electrons. The van der Waals surface area contributed by atoms with Crippen molar-refractivity contribution >= 4 is 6.03 Å². The maximum absolute atomic E-state index is 12.0. The third-order valence-corrected chi connectivity index (χ3v) is 4.17. The Morgan fingerprint density at radius 2 is 2.00 bits per heavy atom. The van der Waals surface area contributed by atoms with E-state index in [0.29, 0.717) is 12.6 Å². The summed E-state index contributed by atoms with van der Waals surface area (Å²) in [6, 6.07) is 0.437. The van der Waals surface area contributed by atoms with Crippen molar-refractivity contribution in [2.45, 2.75) is 45.1 Å². The highest BCUT2D eigenvalue weighted by atomic mass is 16.3. The summed E-state index contributed by atoms with van der Waals surface area (Å²) in [5.74, 6) is 1.10. The van der Waals surface area contributed by atoms with Gasteiger partial charge in [0.1, 0.15) is 0 Å². The molecule has 0 aromatic rings. The molecule has 2 rings (SSSR count). The molecule has 0 bridgehead atoms. The molecule has 98 valence electrons. The third-order valence-electron chi connectivity index (χ3n) is 4.17. The van der Waals surface area contributed by atoms with Crippen LogP contribution >= 0.6 is 0 Å². The van der Waals surface area contributed by atoms with Crippen LogP contribution in [0.2, 0.25) is 0 Å². The topological polar surface area (TPSA) is 52.6 Å². The molecule has 1 unspecified atom stereocenters. The second-order valence-electron chi connectivity index (χ2n) is 5.69. The fourth-order valence-corrected chi connectivity index (χ4v) is 2.84. The minimum Gasteiger partial charge on any atom is -0.396 e. The van der Waals surface area contributed by atoms with Crippen molar-refractivity contribution in [3.8, 4) is 0 Å². The second-order valence-corrected chi connectivity index (χ2v) is 5.69. The number of carbonyl (C=O) groups excluding carboxylic acids is 1. The normalized spacial score (nSPS) is 33.8. The fourth-order valence-electron chi connectivity index (χ4n) is 2.84. The van der Waals surface area contributed by atoms with Crippen LogP contribution in [0.25, 0.3) is 0 Å². The monoisotopic (exact) mass is 240 g/mol. The lowest BCUT2D eigenvalue weighted by Gasteiger charge is -2.28. The first-order valence-corrected chi connectivity index (χ1v) is 6.85. The Labute approximate surface area is 103 Å². The zero-order valence-electron chi connectivity index (χ0n) is 10.7. The first kappa shape index (κ1) is 12.7. The van der Waals surface area contributed by atoms with Crippen molar-refractivity contribution in [1.82, 2.24) is 10.2 Å². The van der Waals surface area contributed by atoms with E-state index in [-0.39, 0.29) is 18.6 Å². The largest absolute Gasteiger partial charge is 0.396 e. The number of urea groups is 1. The van der Waals surface area contributed by atoms with E-state index in [9.17, 15) is 4.79 Å². The number of nitrogens with zero attached hydrogens (tertiary/aromatic N) is 1. The number of aliphatic hydroxyl groups is 1. The zero-order valence-corrected chi connectivity index (χ0v) is 10.7. The molecular weight excluding hydrogens is 216 g/mol. The summed E-state index contributed by atoms with van der Waals surface area (Å²) in [5, 5.41) is 12.2. The lowest BCUT2D eigenvalue weighted by molar-refractivity contribution is 0.189. The van der Waals surface area contributed by atoms with Gasteiger partial charge in [-0.1, -0.05) is 6.92 Å². The molecule has 1 saturated carbocycles. The SMILES string of the molecule is CC1CCC(NC(=O)N2CCC(CO)C2)CC1. The van der Waals surface area contributed by atoms with E-state index < -0.39 is 0 Å². The number of nitrogens with one attached hydrogen (secondary N) is 1. The van der Waals surface area contributed by atoms with Gasteiger partial charge in [-0.15, -0.1) is 0 Å². The van der Waals surface area contributed by atoms with Gasteiger partial charge in [-0.3, -0.25) is 0 Å². The predicted octanol–water partition coefficient (Wildman–Crippen LogP) is 1.59. The summed E-state index contributed by atoms with van der Waals surface area (Å²) in [6.45, 7) is 3.99. The molecule has 1 atom stereocenters. The highest BCUT2D eigenvalue weighted by Crippen LogP contribution is 2.24. The van der Waals surface area contributed by atoms with Gasteiger partial charge in [0.2, 0.25) is 0 Å². The Bertz CT molecular complexity index is 262. The highest BCUT2D eigenvalue weighted by Gasteiger charge is 2.27. The smallest absolute Gasteiger partial charge is 0.317 e. The van der Waals surface area contributed by atoms with E-state index in [2.05, 4.69) is 12.2 Å². The molecule has 1 saturated heterocycles. The molecule has 1 aliphatic carbocycles. The van der Waals surface area contributed by atoms with Gasteiger partial charge < -0.3 is 15.3 Å². The second kappa shape index (κ2) is 5.71. The maximum Gasteiger partial charge on any atom is 0.317 e. The van der Waals surface area contributed by atoms with E-state index in [0.717, 1.165) is 31.7 Å². The van der Waals surface area contributed by atoms with Crippen LogP contribution in [-0.4, -0.2) is 41.8 Å². The Balaban J connectivity index is 1.74. The molecule has 17 heavy (non-hydrogen) atoms. The van der Waals surface area contributed by atoms with E-state index in [4.69, 9.17) is 5.11 Å². The van der Waals surface area contributed by atoms with Crippen LogP contribution in [0.3, 0.4) is 0 Å². The summed E-state index contributed by atoms with van der Waals surface area (Å²) in [7, 11) is 0. The summed E-state index contributed by atoms with van der Waals surface area (Å²) < 4.78 is 0. The van der Waals surface area contributed by atoms with E-state index in [1.54, 1.807) is 0 Å². The Kier molecular flexibility index (Phi) is 4.26. The third kappa shape index (κ3) is 3.35. The minimum absolute atomic E-state index is 0.0699. The molecule has 4 nitrogen and oxygen atoms in total. The number of hydrogen-bond donors (Lipinski definition) is 2. The molecule has 2 aliphatic rings. The first-order chi connectivity index (χ1) is 8.19. The standard InChI is InChI=1S/C13H24N2O2/c1-10-2-4-12(5-3-10)14-13(17)15-7-6-11(8-15)9-16/h10-12,16H,2-9H2,1H3,(H,14,17). The average molecular weight is 240 g/mol. The number of likely N-dealkylation sites (tertiary alicyclic amines) is 1. The lowest BCUT2D eigenvalue weighted by Crippen LogP contribution is -2.45. The van der Waals surface area contributed by atoms with Crippen LogP contribution < -0.4 is 5.32 Å². The van der Waals surface area contributed by atoms with E-state index in [1.807, 2.05) is 4.90 Å². The average Bonchev–Trinajstić information content (AvgIpc) is 2.81. The van der Waals surface area contributed by atoms with Gasteiger partial charge >= 0.3 is 6.03 Å². The zero-order chi connectivity index (χ0) is 12.3. The molecule has 1 heterocycles. The number of aliphatic hydroxyl groups excluding tert-OH is 1. The molecule has 1 aliphatic heterocycles. The van der Waals surface area contributed by atoms with Crippen LogP contribution in [0.1, 0.15) is 39.0 Å². The van der Waals surface area contributed by atoms with E-state index in [1.165, 1.54) is 12.8 Å². The molecule has 2 N–H and O–H groups in total. The van der Waals surface area contributed by atoms with Gasteiger partial charge in [-0.05, 0) is 38.0 Å². The number of amides is 2. The first-order valence-electron chi connectivity index (χ1n) is 6.85. The molecule has 0 spiro atoms. The van der Waals surface area contributed by atoms with E-state index >= 15 is 0 Å². The van der Waals surface area contributed by atoms with Crippen molar-refractivity contribution in [1.29, 1.82) is 0 Å². The minimum atomic E-state index is 0.0699. The number of carbonyl (C=O) groups is 1. The van der Waals surface area contributed by atoms with Crippen molar-refractivity contribution in [3.05, 3.63) is 0 Å². The molecule has 0 aromatic carbocycles. The van der Waals surface area contributed by atoms with Crippen LogP contribution in [-0.2, 0) is 0 Å². The Hall–Kier alpha value is -0.770. The van der Waals surface area contributed by atoms with Gasteiger partial charge in [0.15, 0.2) is 0 Å². The maximum atomic E-state index is 12.0. The van der Waals surface area contributed by atoms with Gasteiger partial charge in [-0.2, -0.15) is 0 Å². The Morgan fingerprint density at radius 1 is 1.29 bits per heavy atom. The summed E-state index contributed by atoms with van der Waals surface area (Å²) in [6.07, 6.45) is 5.62. The molecule has 4 heteroatoms. The molecule has 2 fully saturated rings. The van der Waals surface area contributed by atoms with Crippen molar-refractivity contribution in [2.75, 3.05) is 19.7 Å². The van der Waals surface area contributed by atoms with Crippen LogP contribution in [0.15, 0.2) is 0 Å². The molecule has 0 aromatic heterocycles. The highest BCUT2D eigenvalue weighted by molar-refractivity contribution is 5.74. The van der Waals surface area contributed by atoms with Crippen molar-refractivity contribution in [2.24, 2.45) is 11.8 Å². The predicted molar refractivity (Wildman–Crippen MR) is 66.7 cm³/mol. The Morgan fingerprint density at radius 3 is 2.59 bits per heavy atom. The number of hydrogen-bond acceptors (Lipinski definition) is 2. The van der Waals surface area contributed by atoms with Crippen LogP contribution in [0.5, 0.6) is 0 Å². The quantitative estimate of drug-likeness (QED) is 0.770. The summed E-state index contributed by atoms with van der Waals surface area (Å²) in [5.41, 5.74) is 0. The van der Waals surface area contributed by atoms with Crippen molar-refractivity contribution < 1.29 is 9.90 Å².